The topological polar surface area (TPSA) is 72.9 Å². The molecule has 0 aliphatic carbocycles. The van der Waals surface area contributed by atoms with Crippen molar-refractivity contribution in [2.45, 2.75) is 19.6 Å². The van der Waals surface area contributed by atoms with Crippen LogP contribution in [0.3, 0.4) is 0 Å². The van der Waals surface area contributed by atoms with Gasteiger partial charge in [-0.25, -0.2) is 0 Å². The molecule has 1 aromatic carbocycles. The molecule has 0 spiro atoms. The summed E-state index contributed by atoms with van der Waals surface area (Å²) in [5.41, 5.74) is 0.999. The molecule has 1 aliphatic rings. The summed E-state index contributed by atoms with van der Waals surface area (Å²) in [6.07, 6.45) is 0.363. The average molecular weight is 313 g/mol. The van der Waals surface area contributed by atoms with Crippen molar-refractivity contribution < 1.29 is 22.1 Å². The number of hydrogen-bond acceptors (Lipinski definition) is 5. The first kappa shape index (κ1) is 15.8. The van der Waals surface area contributed by atoms with Crippen LogP contribution in [0.5, 0.6) is 5.75 Å². The lowest BCUT2D eigenvalue weighted by atomic mass is 9.93. The maximum Gasteiger partial charge on any atom is 0.264 e. The Hall–Kier alpha value is -1.60. The highest BCUT2D eigenvalue weighted by Crippen LogP contribution is 2.26. The fourth-order valence-corrected chi connectivity index (χ4v) is 3.00. The second-order valence-corrected chi connectivity index (χ2v) is 6.78. The highest BCUT2D eigenvalue weighted by atomic mass is 32.2. The Morgan fingerprint density at radius 1 is 1.33 bits per heavy atom. The van der Waals surface area contributed by atoms with Crippen LogP contribution < -0.4 is 4.74 Å². The fraction of sp³-hybridized carbons (Fsp3) is 0.500. The quantitative estimate of drug-likeness (QED) is 0.579. The molecule has 1 amide bonds. The van der Waals surface area contributed by atoms with Gasteiger partial charge in [-0.3, -0.25) is 8.98 Å². The lowest BCUT2D eigenvalue weighted by Gasteiger charge is -2.40. The van der Waals surface area contributed by atoms with Crippen molar-refractivity contribution in [3.63, 3.8) is 0 Å². The molecule has 0 radical (unpaired) electrons. The van der Waals surface area contributed by atoms with Gasteiger partial charge in [0.25, 0.3) is 10.1 Å². The van der Waals surface area contributed by atoms with E-state index < -0.39 is 22.1 Å². The standard InChI is InChI=1S/C14H19NO5S/c1-10(20-21(3,17)18)13-9-15(14(13)16)8-11-4-6-12(19-2)7-5-11/h4-7,10,13H,8-9H2,1-3H3. The molecule has 1 heterocycles. The Morgan fingerprint density at radius 3 is 2.43 bits per heavy atom. The van der Waals surface area contributed by atoms with E-state index in [0.717, 1.165) is 17.6 Å². The van der Waals surface area contributed by atoms with Gasteiger partial charge in [0.05, 0.1) is 25.4 Å². The molecule has 2 unspecified atom stereocenters. The summed E-state index contributed by atoms with van der Waals surface area (Å²) < 4.78 is 32.1. The first-order valence-electron chi connectivity index (χ1n) is 6.60. The highest BCUT2D eigenvalue weighted by Gasteiger charge is 2.41. The maximum atomic E-state index is 12.0. The molecular formula is C14H19NO5S. The van der Waals surface area contributed by atoms with E-state index in [1.807, 2.05) is 24.3 Å². The molecule has 0 bridgehead atoms. The average Bonchev–Trinajstić information content (AvgIpc) is 2.41. The van der Waals surface area contributed by atoms with Crippen molar-refractivity contribution in [2.75, 3.05) is 19.9 Å². The van der Waals surface area contributed by atoms with Gasteiger partial charge in [0.15, 0.2) is 0 Å². The number of ether oxygens (including phenoxy) is 1. The predicted octanol–water partition coefficient (Wildman–Crippen LogP) is 1.02. The molecule has 1 fully saturated rings. The summed E-state index contributed by atoms with van der Waals surface area (Å²) >= 11 is 0. The second kappa shape index (κ2) is 6.03. The van der Waals surface area contributed by atoms with Gasteiger partial charge >= 0.3 is 0 Å². The van der Waals surface area contributed by atoms with E-state index in [4.69, 9.17) is 8.92 Å². The minimum Gasteiger partial charge on any atom is -0.497 e. The Bertz CT molecular complexity index is 611. The molecule has 0 saturated carbocycles. The number of amides is 1. The molecule has 0 aromatic heterocycles. The van der Waals surface area contributed by atoms with Gasteiger partial charge in [-0.2, -0.15) is 8.42 Å². The molecule has 7 heteroatoms. The fourth-order valence-electron chi connectivity index (χ4n) is 2.31. The molecule has 21 heavy (non-hydrogen) atoms. The molecule has 2 atom stereocenters. The molecule has 0 N–H and O–H groups in total. The number of methoxy groups -OCH3 is 1. The van der Waals surface area contributed by atoms with Crippen molar-refractivity contribution in [1.29, 1.82) is 0 Å². The van der Waals surface area contributed by atoms with Gasteiger partial charge in [-0.1, -0.05) is 12.1 Å². The number of β-lactam (4-membered cyclic amide) rings is 1. The number of carbonyl (C=O) groups excluding carboxylic acids is 1. The number of hydrogen-bond donors (Lipinski definition) is 0. The molecular weight excluding hydrogens is 294 g/mol. The van der Waals surface area contributed by atoms with Gasteiger partial charge in [0, 0.05) is 13.1 Å². The molecule has 1 aromatic rings. The van der Waals surface area contributed by atoms with Crippen molar-refractivity contribution in [2.24, 2.45) is 5.92 Å². The summed E-state index contributed by atoms with van der Waals surface area (Å²) in [5.74, 6) is 0.293. The largest absolute Gasteiger partial charge is 0.497 e. The van der Waals surface area contributed by atoms with E-state index in [1.165, 1.54) is 0 Å². The summed E-state index contributed by atoms with van der Waals surface area (Å²) in [5, 5.41) is 0. The maximum absolute atomic E-state index is 12.0. The van der Waals surface area contributed by atoms with E-state index in [0.29, 0.717) is 13.1 Å². The van der Waals surface area contributed by atoms with Gasteiger partial charge in [0.1, 0.15) is 5.75 Å². The zero-order valence-electron chi connectivity index (χ0n) is 12.3. The van der Waals surface area contributed by atoms with Crippen LogP contribution in [0.2, 0.25) is 0 Å². The van der Waals surface area contributed by atoms with E-state index in [9.17, 15) is 13.2 Å². The van der Waals surface area contributed by atoms with E-state index in [-0.39, 0.29) is 5.91 Å². The normalized spacial score (nSPS) is 20.0. The molecule has 1 saturated heterocycles. The Morgan fingerprint density at radius 2 is 1.95 bits per heavy atom. The Kier molecular flexibility index (Phi) is 4.53. The SMILES string of the molecule is COc1ccc(CN2CC(C(C)OS(C)(=O)=O)C2=O)cc1. The third-order valence-electron chi connectivity index (χ3n) is 3.47. The zero-order valence-corrected chi connectivity index (χ0v) is 13.1. The van der Waals surface area contributed by atoms with E-state index >= 15 is 0 Å². The van der Waals surface area contributed by atoms with Gasteiger partial charge < -0.3 is 9.64 Å². The van der Waals surface area contributed by atoms with Crippen LogP contribution in [0.15, 0.2) is 24.3 Å². The van der Waals surface area contributed by atoms with E-state index in [1.54, 1.807) is 18.9 Å². The van der Waals surface area contributed by atoms with Crippen molar-refractivity contribution in [3.8, 4) is 5.75 Å². The first-order valence-corrected chi connectivity index (χ1v) is 8.42. The van der Waals surface area contributed by atoms with Crippen molar-refractivity contribution >= 4 is 16.0 Å². The molecule has 2 rings (SSSR count). The van der Waals surface area contributed by atoms with Crippen molar-refractivity contribution in [1.82, 2.24) is 4.90 Å². The number of carbonyl (C=O) groups is 1. The van der Waals surface area contributed by atoms with Crippen LogP contribution >= 0.6 is 0 Å². The first-order chi connectivity index (χ1) is 9.80. The third kappa shape index (κ3) is 3.95. The smallest absolute Gasteiger partial charge is 0.264 e. The van der Waals surface area contributed by atoms with Crippen molar-refractivity contribution in [3.05, 3.63) is 29.8 Å². The second-order valence-electron chi connectivity index (χ2n) is 5.18. The number of rotatable bonds is 6. The molecule has 1 aliphatic heterocycles. The van der Waals surface area contributed by atoms with Crippen LogP contribution in [0, 0.1) is 5.92 Å². The number of benzene rings is 1. The van der Waals surface area contributed by atoms with Crippen LogP contribution in [-0.2, 0) is 25.6 Å². The third-order valence-corrected chi connectivity index (χ3v) is 4.12. The Labute approximate surface area is 124 Å². The summed E-state index contributed by atoms with van der Waals surface area (Å²) in [6, 6.07) is 7.48. The van der Waals surface area contributed by atoms with Crippen LogP contribution in [0.4, 0.5) is 0 Å². The zero-order chi connectivity index (χ0) is 15.6. The van der Waals surface area contributed by atoms with Gasteiger partial charge in [-0.15, -0.1) is 0 Å². The summed E-state index contributed by atoms with van der Waals surface area (Å²) in [4.78, 5) is 13.7. The van der Waals surface area contributed by atoms with Gasteiger partial charge in [-0.05, 0) is 24.6 Å². The minimum atomic E-state index is -3.54. The number of nitrogens with zero attached hydrogens (tertiary/aromatic N) is 1. The van der Waals surface area contributed by atoms with Gasteiger partial charge in [0.2, 0.25) is 5.91 Å². The van der Waals surface area contributed by atoms with E-state index in [2.05, 4.69) is 0 Å². The lowest BCUT2D eigenvalue weighted by molar-refractivity contribution is -0.153. The van der Waals surface area contributed by atoms with Crippen LogP contribution in [0.25, 0.3) is 0 Å². The van der Waals surface area contributed by atoms with Crippen LogP contribution in [0.1, 0.15) is 12.5 Å². The lowest BCUT2D eigenvalue weighted by Crippen LogP contribution is -2.56. The predicted molar refractivity (Wildman–Crippen MR) is 77.3 cm³/mol. The highest BCUT2D eigenvalue weighted by molar-refractivity contribution is 7.86. The summed E-state index contributed by atoms with van der Waals surface area (Å²) in [7, 11) is -1.94. The van der Waals surface area contributed by atoms with Crippen LogP contribution in [-0.4, -0.2) is 45.2 Å². The minimum absolute atomic E-state index is 0.0815. The molecule has 6 nitrogen and oxygen atoms in total. The monoisotopic (exact) mass is 313 g/mol. The Balaban J connectivity index is 1.89. The molecule has 116 valence electrons. The summed E-state index contributed by atoms with van der Waals surface area (Å²) in [6.45, 7) is 2.61. The number of likely N-dealkylation sites (tertiary alicyclic amines) is 1.